The number of sulfonamides is 1. The number of primary sulfonamides is 1. The minimum absolute atomic E-state index is 0.00800. The molecule has 0 heterocycles. The van der Waals surface area contributed by atoms with E-state index < -0.39 is 10.0 Å². The van der Waals surface area contributed by atoms with Crippen LogP contribution in [-0.2, 0) is 21.2 Å². The van der Waals surface area contributed by atoms with Crippen molar-refractivity contribution >= 4 is 60.7 Å². The molecule has 0 saturated heterocycles. The van der Waals surface area contributed by atoms with Crippen LogP contribution in [0.3, 0.4) is 0 Å². The second kappa shape index (κ2) is 9.58. The van der Waals surface area contributed by atoms with Crippen LogP contribution < -0.4 is 15.2 Å². The number of rotatable bonds is 6. The fourth-order valence-corrected chi connectivity index (χ4v) is 4.33. The van der Waals surface area contributed by atoms with Crippen molar-refractivity contribution in [2.24, 2.45) is 5.14 Å². The number of amides is 1. The molecule has 0 bridgehead atoms. The number of carbonyl (C=O) groups is 1. The van der Waals surface area contributed by atoms with E-state index in [1.54, 1.807) is 24.3 Å². The van der Waals surface area contributed by atoms with Gasteiger partial charge in [0.1, 0.15) is 16.4 Å². The Balaban J connectivity index is 1.86. The SMILES string of the molecule is Cc1ccc(Br)c(Cl)c1CC(=O)Nc1ccc(Oc2cccc(Cl)c2)c(S(N)(=O)=O)c1. The van der Waals surface area contributed by atoms with Gasteiger partial charge in [0.15, 0.2) is 0 Å². The molecule has 31 heavy (non-hydrogen) atoms. The number of hydrogen-bond donors (Lipinski definition) is 2. The van der Waals surface area contributed by atoms with E-state index >= 15 is 0 Å². The number of nitrogens with two attached hydrogens (primary N) is 1. The summed E-state index contributed by atoms with van der Waals surface area (Å²) >= 11 is 15.6. The number of hydrogen-bond acceptors (Lipinski definition) is 4. The first-order valence-corrected chi connectivity index (χ1v) is 12.0. The molecule has 0 spiro atoms. The Morgan fingerprint density at radius 3 is 2.55 bits per heavy atom. The van der Waals surface area contributed by atoms with Crippen molar-refractivity contribution in [1.29, 1.82) is 0 Å². The minimum Gasteiger partial charge on any atom is -0.456 e. The van der Waals surface area contributed by atoms with Crippen LogP contribution in [0.25, 0.3) is 0 Å². The predicted molar refractivity (Wildman–Crippen MR) is 126 cm³/mol. The molecule has 10 heteroatoms. The third-order valence-corrected chi connectivity index (χ3v) is 6.81. The van der Waals surface area contributed by atoms with E-state index in [4.69, 9.17) is 33.1 Å². The summed E-state index contributed by atoms with van der Waals surface area (Å²) in [5.41, 5.74) is 1.77. The van der Waals surface area contributed by atoms with Crippen LogP contribution >= 0.6 is 39.1 Å². The summed E-state index contributed by atoms with van der Waals surface area (Å²) in [7, 11) is -4.14. The molecule has 0 aliphatic rings. The maximum atomic E-state index is 12.6. The first-order chi connectivity index (χ1) is 14.5. The molecular weight excluding hydrogens is 527 g/mol. The molecule has 0 saturated carbocycles. The lowest BCUT2D eigenvalue weighted by Crippen LogP contribution is -2.17. The third kappa shape index (κ3) is 5.99. The molecule has 0 aliphatic carbocycles. The maximum Gasteiger partial charge on any atom is 0.241 e. The number of nitrogens with one attached hydrogen (secondary N) is 1. The van der Waals surface area contributed by atoms with Gasteiger partial charge in [-0.1, -0.05) is 35.3 Å². The number of halogens is 3. The van der Waals surface area contributed by atoms with Crippen LogP contribution in [-0.4, -0.2) is 14.3 Å². The number of ether oxygens (including phenoxy) is 1. The van der Waals surface area contributed by atoms with E-state index in [1.165, 1.54) is 24.3 Å². The number of benzene rings is 3. The van der Waals surface area contributed by atoms with Crippen LogP contribution in [0, 0.1) is 6.92 Å². The number of anilines is 1. The summed E-state index contributed by atoms with van der Waals surface area (Å²) in [5, 5.41) is 8.90. The zero-order valence-electron chi connectivity index (χ0n) is 16.2. The van der Waals surface area contributed by atoms with Gasteiger partial charge in [0.25, 0.3) is 0 Å². The van der Waals surface area contributed by atoms with E-state index in [0.717, 1.165) is 5.56 Å². The zero-order valence-corrected chi connectivity index (χ0v) is 20.1. The highest BCUT2D eigenvalue weighted by Gasteiger charge is 2.19. The molecule has 0 aromatic heterocycles. The molecule has 3 aromatic carbocycles. The highest BCUT2D eigenvalue weighted by atomic mass is 79.9. The molecule has 0 atom stereocenters. The zero-order chi connectivity index (χ0) is 22.8. The van der Waals surface area contributed by atoms with Gasteiger partial charge in [0.05, 0.1) is 11.4 Å². The molecule has 1 amide bonds. The van der Waals surface area contributed by atoms with Crippen molar-refractivity contribution in [2.75, 3.05) is 5.32 Å². The smallest absolute Gasteiger partial charge is 0.241 e. The van der Waals surface area contributed by atoms with Gasteiger partial charge in [0.2, 0.25) is 15.9 Å². The Bertz CT molecular complexity index is 1270. The lowest BCUT2D eigenvalue weighted by molar-refractivity contribution is -0.115. The first-order valence-electron chi connectivity index (χ1n) is 8.88. The fraction of sp³-hybridized carbons (Fsp3) is 0.0952. The molecular formula is C21H17BrCl2N2O4S. The Morgan fingerprint density at radius 2 is 1.87 bits per heavy atom. The average Bonchev–Trinajstić information content (AvgIpc) is 2.69. The molecule has 3 rings (SSSR count). The molecule has 6 nitrogen and oxygen atoms in total. The van der Waals surface area contributed by atoms with E-state index in [2.05, 4.69) is 21.2 Å². The Morgan fingerprint density at radius 1 is 1.13 bits per heavy atom. The van der Waals surface area contributed by atoms with E-state index in [-0.39, 0.29) is 28.7 Å². The van der Waals surface area contributed by atoms with E-state index in [1.807, 2.05) is 13.0 Å². The summed E-state index contributed by atoms with van der Waals surface area (Å²) in [5.74, 6) is -0.0189. The number of aryl methyl sites for hydroxylation is 1. The normalized spacial score (nSPS) is 11.3. The van der Waals surface area contributed by atoms with Crippen LogP contribution in [0.5, 0.6) is 11.5 Å². The van der Waals surface area contributed by atoms with Gasteiger partial charge in [-0.15, -0.1) is 0 Å². The van der Waals surface area contributed by atoms with Crippen LogP contribution in [0.2, 0.25) is 10.0 Å². The van der Waals surface area contributed by atoms with Crippen molar-refractivity contribution < 1.29 is 17.9 Å². The topological polar surface area (TPSA) is 98.5 Å². The van der Waals surface area contributed by atoms with Crippen molar-refractivity contribution in [3.63, 3.8) is 0 Å². The summed E-state index contributed by atoms with van der Waals surface area (Å²) < 4.78 is 30.5. The largest absolute Gasteiger partial charge is 0.456 e. The van der Waals surface area contributed by atoms with Gasteiger partial charge in [-0.3, -0.25) is 4.79 Å². The van der Waals surface area contributed by atoms with E-state index in [9.17, 15) is 13.2 Å². The monoisotopic (exact) mass is 542 g/mol. The quantitative estimate of drug-likeness (QED) is 0.417. The lowest BCUT2D eigenvalue weighted by atomic mass is 10.1. The Hall–Kier alpha value is -2.10. The molecule has 162 valence electrons. The van der Waals surface area contributed by atoms with Gasteiger partial charge >= 0.3 is 0 Å². The summed E-state index contributed by atoms with van der Waals surface area (Å²) in [6.07, 6.45) is 0.00950. The lowest BCUT2D eigenvalue weighted by Gasteiger charge is -2.13. The molecule has 0 fully saturated rings. The summed E-state index contributed by atoms with van der Waals surface area (Å²) in [6.45, 7) is 1.85. The first kappa shape index (κ1) is 23.6. The second-order valence-corrected chi connectivity index (χ2v) is 9.85. The summed E-state index contributed by atoms with van der Waals surface area (Å²) in [6, 6.07) is 14.3. The van der Waals surface area contributed by atoms with Crippen LogP contribution in [0.15, 0.2) is 64.0 Å². The third-order valence-electron chi connectivity index (χ3n) is 4.33. The Labute approximate surface area is 198 Å². The predicted octanol–water partition coefficient (Wildman–Crippen LogP) is 5.69. The summed E-state index contributed by atoms with van der Waals surface area (Å²) in [4.78, 5) is 12.3. The van der Waals surface area contributed by atoms with E-state index in [0.29, 0.717) is 25.8 Å². The van der Waals surface area contributed by atoms with Crippen LogP contribution in [0.1, 0.15) is 11.1 Å². The van der Waals surface area contributed by atoms with Crippen molar-refractivity contribution in [2.45, 2.75) is 18.2 Å². The van der Waals surface area contributed by atoms with Gasteiger partial charge in [0, 0.05) is 15.2 Å². The molecule has 3 aromatic rings. The van der Waals surface area contributed by atoms with Crippen molar-refractivity contribution in [3.05, 3.63) is 80.2 Å². The van der Waals surface area contributed by atoms with Gasteiger partial charge in [-0.05, 0) is 76.4 Å². The van der Waals surface area contributed by atoms with Crippen LogP contribution in [0.4, 0.5) is 5.69 Å². The van der Waals surface area contributed by atoms with Gasteiger partial charge in [-0.25, -0.2) is 13.6 Å². The minimum atomic E-state index is -4.14. The highest BCUT2D eigenvalue weighted by molar-refractivity contribution is 9.10. The molecule has 0 aliphatic heterocycles. The van der Waals surface area contributed by atoms with Crippen molar-refractivity contribution in [3.8, 4) is 11.5 Å². The van der Waals surface area contributed by atoms with Gasteiger partial charge < -0.3 is 10.1 Å². The Kier molecular flexibility index (Phi) is 7.28. The van der Waals surface area contributed by atoms with Gasteiger partial charge in [-0.2, -0.15) is 0 Å². The highest BCUT2D eigenvalue weighted by Crippen LogP contribution is 2.32. The molecule has 0 unspecified atom stereocenters. The number of carbonyl (C=O) groups excluding carboxylic acids is 1. The maximum absolute atomic E-state index is 12.6. The second-order valence-electron chi connectivity index (χ2n) is 6.65. The molecule has 0 radical (unpaired) electrons. The molecule has 3 N–H and O–H groups in total. The van der Waals surface area contributed by atoms with Crippen molar-refractivity contribution in [1.82, 2.24) is 0 Å². The standard InChI is InChI=1S/C21H17BrCl2N2O4S/c1-12-5-7-17(22)21(24)16(12)11-20(27)26-14-6-8-18(19(10-14)31(25,28)29)30-15-4-2-3-13(23)9-15/h2-10H,11H2,1H3,(H,26,27)(H2,25,28,29). The average molecular weight is 544 g/mol. The fourth-order valence-electron chi connectivity index (χ4n) is 2.82.